The van der Waals surface area contributed by atoms with E-state index in [9.17, 15) is 32.7 Å². The van der Waals surface area contributed by atoms with Crippen LogP contribution in [0.5, 0.6) is 0 Å². The number of carbonyl (C=O) groups is 3. The number of thiazole rings is 1. The van der Waals surface area contributed by atoms with E-state index in [2.05, 4.69) is 25.8 Å². The fraction of sp³-hybridized carbons (Fsp3) is 0.538. The molecule has 1 atom stereocenters. The Hall–Kier alpha value is -3.03. The molecule has 1 aromatic heterocycles. The van der Waals surface area contributed by atoms with E-state index in [0.29, 0.717) is 35.8 Å². The second-order valence-electron chi connectivity index (χ2n) is 9.96. The molecular formula is C26H32F3N5O4S. The summed E-state index contributed by atoms with van der Waals surface area (Å²) in [6.07, 6.45) is 0.378. The van der Waals surface area contributed by atoms with Crippen molar-refractivity contribution < 1.29 is 32.7 Å². The van der Waals surface area contributed by atoms with Crippen LogP contribution in [-0.4, -0.2) is 71.0 Å². The first-order valence-corrected chi connectivity index (χ1v) is 13.8. The van der Waals surface area contributed by atoms with E-state index < -0.39 is 29.2 Å². The van der Waals surface area contributed by atoms with Crippen LogP contribution in [0.3, 0.4) is 0 Å². The van der Waals surface area contributed by atoms with Gasteiger partial charge in [0, 0.05) is 43.5 Å². The van der Waals surface area contributed by atoms with Crippen molar-refractivity contribution >= 4 is 29.1 Å². The Labute approximate surface area is 228 Å². The van der Waals surface area contributed by atoms with Crippen molar-refractivity contribution in [3.63, 3.8) is 0 Å². The summed E-state index contributed by atoms with van der Waals surface area (Å²) in [5, 5.41) is 19.5. The van der Waals surface area contributed by atoms with Gasteiger partial charge >= 0.3 is 6.18 Å². The highest BCUT2D eigenvalue weighted by Crippen LogP contribution is 2.41. The van der Waals surface area contributed by atoms with Crippen LogP contribution in [0, 0.1) is 0 Å². The zero-order valence-corrected chi connectivity index (χ0v) is 22.3. The molecule has 1 saturated carbocycles. The summed E-state index contributed by atoms with van der Waals surface area (Å²) < 4.78 is 38.6. The van der Waals surface area contributed by atoms with Crippen molar-refractivity contribution in [1.29, 1.82) is 0 Å². The van der Waals surface area contributed by atoms with E-state index in [0.717, 1.165) is 44.0 Å². The molecule has 1 aliphatic heterocycles. The first kappa shape index (κ1) is 29.0. The SMILES string of the molecule is CCNC(=O)c1ncc(C2(O)CCC(N3CC[C@@H](NC(=O)CNC(=O)c4cccc(C(F)(F)F)c4)C3)CC2)s1. The lowest BCUT2D eigenvalue weighted by atomic mass is 9.81. The van der Waals surface area contributed by atoms with Gasteiger partial charge in [0.25, 0.3) is 11.8 Å². The van der Waals surface area contributed by atoms with Gasteiger partial charge in [-0.1, -0.05) is 6.07 Å². The number of nitrogens with zero attached hydrogens (tertiary/aromatic N) is 2. The number of amides is 3. The van der Waals surface area contributed by atoms with Crippen molar-refractivity contribution in [2.45, 2.75) is 62.9 Å². The highest BCUT2D eigenvalue weighted by molar-refractivity contribution is 7.13. The van der Waals surface area contributed by atoms with Gasteiger partial charge in [0.1, 0.15) is 5.60 Å². The molecule has 0 spiro atoms. The van der Waals surface area contributed by atoms with Gasteiger partial charge in [-0.25, -0.2) is 4.98 Å². The van der Waals surface area contributed by atoms with Gasteiger partial charge in [0.2, 0.25) is 5.91 Å². The standard InChI is InChI=1S/C26H32F3N5O4S/c1-2-30-23(37)24-32-13-20(39-24)25(38)9-6-19(7-10-25)34-11-8-18(15-34)33-21(35)14-31-22(36)16-4-3-5-17(12-16)26(27,28)29/h3-5,12-13,18-19,38H,2,6-11,14-15H2,1H3,(H,30,37)(H,31,36)(H,33,35)/t18-,19?,25?/m1/s1. The van der Waals surface area contributed by atoms with Crippen molar-refractivity contribution in [3.8, 4) is 0 Å². The molecule has 0 unspecified atom stereocenters. The van der Waals surface area contributed by atoms with Gasteiger partial charge < -0.3 is 21.1 Å². The fourth-order valence-electron chi connectivity index (χ4n) is 5.14. The maximum atomic E-state index is 12.9. The molecular weight excluding hydrogens is 535 g/mol. The minimum atomic E-state index is -4.56. The zero-order chi connectivity index (χ0) is 28.2. The second-order valence-corrected chi connectivity index (χ2v) is 11.0. The summed E-state index contributed by atoms with van der Waals surface area (Å²) in [4.78, 5) is 43.8. The molecule has 2 heterocycles. The Morgan fingerprint density at radius 3 is 2.59 bits per heavy atom. The average molecular weight is 568 g/mol. The van der Waals surface area contributed by atoms with Gasteiger partial charge in [-0.05, 0) is 57.2 Å². The predicted molar refractivity (Wildman–Crippen MR) is 138 cm³/mol. The molecule has 1 aliphatic carbocycles. The third-order valence-corrected chi connectivity index (χ3v) is 8.43. The molecule has 1 aromatic carbocycles. The van der Waals surface area contributed by atoms with Crippen molar-refractivity contribution in [3.05, 3.63) is 51.5 Å². The lowest BCUT2D eigenvalue weighted by Gasteiger charge is -2.39. The summed E-state index contributed by atoms with van der Waals surface area (Å²) in [6.45, 7) is 3.42. The van der Waals surface area contributed by atoms with E-state index in [1.807, 2.05) is 6.92 Å². The van der Waals surface area contributed by atoms with Crippen LogP contribution >= 0.6 is 11.3 Å². The third kappa shape index (κ3) is 7.14. The highest BCUT2D eigenvalue weighted by atomic mass is 32.1. The maximum Gasteiger partial charge on any atom is 0.416 e. The van der Waals surface area contributed by atoms with E-state index >= 15 is 0 Å². The Kier molecular flexibility index (Phi) is 8.92. The third-order valence-electron chi connectivity index (χ3n) is 7.24. The Morgan fingerprint density at radius 2 is 1.90 bits per heavy atom. The summed E-state index contributed by atoms with van der Waals surface area (Å²) in [7, 11) is 0. The minimum absolute atomic E-state index is 0.107. The van der Waals surface area contributed by atoms with E-state index in [-0.39, 0.29) is 30.1 Å². The van der Waals surface area contributed by atoms with Crippen LogP contribution in [0.4, 0.5) is 13.2 Å². The predicted octanol–water partition coefficient (Wildman–Crippen LogP) is 2.66. The first-order valence-electron chi connectivity index (χ1n) is 12.9. The summed E-state index contributed by atoms with van der Waals surface area (Å²) >= 11 is 1.22. The Bertz CT molecular complexity index is 1200. The lowest BCUT2D eigenvalue weighted by molar-refractivity contribution is -0.137. The molecule has 1 saturated heterocycles. The number of benzene rings is 1. The largest absolute Gasteiger partial charge is 0.416 e. The number of alkyl halides is 3. The number of hydrogen-bond acceptors (Lipinski definition) is 7. The van der Waals surface area contributed by atoms with Crippen LogP contribution in [0.1, 0.15) is 69.6 Å². The van der Waals surface area contributed by atoms with Crippen LogP contribution < -0.4 is 16.0 Å². The zero-order valence-electron chi connectivity index (χ0n) is 21.5. The van der Waals surface area contributed by atoms with Crippen molar-refractivity contribution in [1.82, 2.24) is 25.8 Å². The number of rotatable bonds is 8. The number of aliphatic hydroxyl groups is 1. The maximum absolute atomic E-state index is 12.9. The van der Waals surface area contributed by atoms with Crippen LogP contribution in [-0.2, 0) is 16.6 Å². The van der Waals surface area contributed by atoms with Crippen molar-refractivity contribution in [2.75, 3.05) is 26.2 Å². The second kappa shape index (κ2) is 12.0. The summed E-state index contributed by atoms with van der Waals surface area (Å²) in [5.41, 5.74) is -2.10. The molecule has 2 fully saturated rings. The number of nitrogens with one attached hydrogen (secondary N) is 3. The molecule has 3 amide bonds. The molecule has 2 aromatic rings. The smallest absolute Gasteiger partial charge is 0.384 e. The van der Waals surface area contributed by atoms with Gasteiger partial charge in [-0.2, -0.15) is 13.2 Å². The molecule has 39 heavy (non-hydrogen) atoms. The molecule has 0 bridgehead atoms. The fourth-order valence-corrected chi connectivity index (χ4v) is 6.12. The van der Waals surface area contributed by atoms with Crippen LogP contribution in [0.25, 0.3) is 0 Å². The number of halogens is 3. The minimum Gasteiger partial charge on any atom is -0.384 e. The van der Waals surface area contributed by atoms with Crippen molar-refractivity contribution in [2.24, 2.45) is 0 Å². The van der Waals surface area contributed by atoms with E-state index in [4.69, 9.17) is 0 Å². The normalized spacial score (nSPS) is 23.8. The number of likely N-dealkylation sites (tertiary alicyclic amines) is 1. The van der Waals surface area contributed by atoms with Crippen LogP contribution in [0.15, 0.2) is 30.5 Å². The summed E-state index contributed by atoms with van der Waals surface area (Å²) in [5.74, 6) is -1.40. The monoisotopic (exact) mass is 567 g/mol. The van der Waals surface area contributed by atoms with Crippen LogP contribution in [0.2, 0.25) is 0 Å². The van der Waals surface area contributed by atoms with E-state index in [1.165, 1.54) is 17.4 Å². The molecule has 4 N–H and O–H groups in total. The average Bonchev–Trinajstić information content (AvgIpc) is 3.58. The topological polar surface area (TPSA) is 124 Å². The quantitative estimate of drug-likeness (QED) is 0.389. The Balaban J connectivity index is 1.21. The molecule has 13 heteroatoms. The number of carbonyl (C=O) groups excluding carboxylic acids is 3. The van der Waals surface area contributed by atoms with Gasteiger partial charge in [0.05, 0.1) is 17.0 Å². The Morgan fingerprint density at radius 1 is 1.15 bits per heavy atom. The summed E-state index contributed by atoms with van der Waals surface area (Å²) in [6, 6.07) is 4.20. The molecule has 4 rings (SSSR count). The molecule has 212 valence electrons. The highest BCUT2D eigenvalue weighted by Gasteiger charge is 2.40. The first-order chi connectivity index (χ1) is 18.5. The molecule has 2 aliphatic rings. The lowest BCUT2D eigenvalue weighted by Crippen LogP contribution is -2.45. The molecule has 9 nitrogen and oxygen atoms in total. The van der Waals surface area contributed by atoms with Gasteiger partial charge in [-0.3, -0.25) is 19.3 Å². The van der Waals surface area contributed by atoms with E-state index in [1.54, 1.807) is 6.20 Å². The van der Waals surface area contributed by atoms with Gasteiger partial charge in [-0.15, -0.1) is 11.3 Å². The molecule has 0 radical (unpaired) electrons. The number of hydrogen-bond donors (Lipinski definition) is 4. The number of aromatic nitrogens is 1. The van der Waals surface area contributed by atoms with Gasteiger partial charge in [0.15, 0.2) is 5.01 Å².